The Hall–Kier alpha value is -2.11. The summed E-state index contributed by atoms with van der Waals surface area (Å²) in [6.07, 6.45) is 2.18. The van der Waals surface area contributed by atoms with Crippen molar-refractivity contribution in [1.82, 2.24) is 14.2 Å². The average molecular weight is 275 g/mol. The summed E-state index contributed by atoms with van der Waals surface area (Å²) < 4.78 is 3.00. The summed E-state index contributed by atoms with van der Waals surface area (Å²) >= 11 is 0. The molecule has 0 unspecified atom stereocenters. The quantitative estimate of drug-likeness (QED) is 0.921. The number of fused-ring (bicyclic) bond motifs is 1. The third kappa shape index (κ3) is 2.11. The first-order valence-electron chi connectivity index (χ1n) is 6.84. The minimum Gasteiger partial charge on any atom is -0.477 e. The lowest BCUT2D eigenvalue weighted by Gasteiger charge is -2.14. The Morgan fingerprint density at radius 1 is 1.45 bits per heavy atom. The maximum atomic E-state index is 12.0. The molecule has 3 rings (SSSR count). The van der Waals surface area contributed by atoms with Gasteiger partial charge in [-0.25, -0.2) is 4.79 Å². The summed E-state index contributed by atoms with van der Waals surface area (Å²) in [6, 6.07) is 3.01. The van der Waals surface area contributed by atoms with Crippen molar-refractivity contribution in [2.75, 3.05) is 0 Å². The molecule has 0 bridgehead atoms. The Morgan fingerprint density at radius 3 is 2.70 bits per heavy atom. The standard InChI is InChI=1S/C14H17N3O3/c1-8(2)7-16-11(14(19)20)6-13(18)17-12(16)5-10(15-17)9-3-4-9/h5-6,8-9H,3-4,7H2,1-2H3,(H,19,20). The van der Waals surface area contributed by atoms with Gasteiger partial charge in [-0.15, -0.1) is 0 Å². The normalized spacial score (nSPS) is 15.2. The topological polar surface area (TPSA) is 76.6 Å². The van der Waals surface area contributed by atoms with Gasteiger partial charge in [-0.2, -0.15) is 9.61 Å². The van der Waals surface area contributed by atoms with Crippen LogP contribution in [0.4, 0.5) is 0 Å². The van der Waals surface area contributed by atoms with Gasteiger partial charge >= 0.3 is 5.97 Å². The van der Waals surface area contributed by atoms with Crippen LogP contribution in [-0.4, -0.2) is 25.3 Å². The third-order valence-corrected chi connectivity index (χ3v) is 3.51. The molecule has 2 heterocycles. The largest absolute Gasteiger partial charge is 0.477 e. The van der Waals surface area contributed by atoms with E-state index >= 15 is 0 Å². The van der Waals surface area contributed by atoms with Crippen LogP contribution in [0.2, 0.25) is 0 Å². The van der Waals surface area contributed by atoms with E-state index in [1.165, 1.54) is 4.52 Å². The van der Waals surface area contributed by atoms with Gasteiger partial charge in [-0.05, 0) is 18.8 Å². The zero-order chi connectivity index (χ0) is 14.4. The van der Waals surface area contributed by atoms with E-state index in [1.807, 2.05) is 19.9 Å². The highest BCUT2D eigenvalue weighted by Gasteiger charge is 2.28. The molecule has 0 aromatic carbocycles. The predicted octanol–water partition coefficient (Wildman–Crippen LogP) is 1.73. The second-order valence-corrected chi connectivity index (χ2v) is 5.79. The zero-order valence-electron chi connectivity index (χ0n) is 11.5. The number of carboxylic acids is 1. The van der Waals surface area contributed by atoms with Crippen LogP contribution in [0.5, 0.6) is 0 Å². The number of aromatic carboxylic acids is 1. The minimum absolute atomic E-state index is 0.0263. The molecule has 1 N–H and O–H groups in total. The second-order valence-electron chi connectivity index (χ2n) is 5.79. The molecule has 2 aromatic heterocycles. The maximum absolute atomic E-state index is 12.0. The van der Waals surface area contributed by atoms with Gasteiger partial charge < -0.3 is 9.67 Å². The van der Waals surface area contributed by atoms with Gasteiger partial charge in [0.1, 0.15) is 11.3 Å². The van der Waals surface area contributed by atoms with E-state index in [1.54, 1.807) is 4.57 Å². The van der Waals surface area contributed by atoms with E-state index in [0.29, 0.717) is 18.1 Å². The third-order valence-electron chi connectivity index (χ3n) is 3.51. The Kier molecular flexibility index (Phi) is 2.88. The monoisotopic (exact) mass is 275 g/mol. The molecule has 0 amide bonds. The number of nitrogens with zero attached hydrogens (tertiary/aromatic N) is 3. The van der Waals surface area contributed by atoms with Crippen LogP contribution in [0.15, 0.2) is 16.9 Å². The van der Waals surface area contributed by atoms with Crippen molar-refractivity contribution in [3.05, 3.63) is 33.9 Å². The smallest absolute Gasteiger partial charge is 0.352 e. The molecule has 0 atom stereocenters. The van der Waals surface area contributed by atoms with Gasteiger partial charge in [0.25, 0.3) is 5.56 Å². The summed E-state index contributed by atoms with van der Waals surface area (Å²) in [4.78, 5) is 23.4. The van der Waals surface area contributed by atoms with Crippen molar-refractivity contribution in [2.45, 2.75) is 39.2 Å². The molecule has 0 spiro atoms. The molecule has 6 nitrogen and oxygen atoms in total. The minimum atomic E-state index is -1.08. The van der Waals surface area contributed by atoms with E-state index in [-0.39, 0.29) is 17.2 Å². The van der Waals surface area contributed by atoms with E-state index in [2.05, 4.69) is 5.10 Å². The van der Waals surface area contributed by atoms with Crippen LogP contribution in [0.3, 0.4) is 0 Å². The first kappa shape index (κ1) is 12.9. The Morgan fingerprint density at radius 2 is 2.15 bits per heavy atom. The lowest BCUT2D eigenvalue weighted by atomic mass is 10.2. The fourth-order valence-corrected chi connectivity index (χ4v) is 2.44. The number of rotatable bonds is 4. The van der Waals surface area contributed by atoms with Crippen molar-refractivity contribution in [2.24, 2.45) is 5.92 Å². The van der Waals surface area contributed by atoms with Crippen LogP contribution in [-0.2, 0) is 6.54 Å². The van der Waals surface area contributed by atoms with E-state index in [4.69, 9.17) is 0 Å². The molecule has 0 saturated heterocycles. The SMILES string of the molecule is CC(C)Cn1c(C(=O)O)cc(=O)n2nc(C3CC3)cc12. The molecule has 1 aliphatic rings. The fraction of sp³-hybridized carbons (Fsp3) is 0.500. The van der Waals surface area contributed by atoms with Gasteiger partial charge in [-0.1, -0.05) is 13.8 Å². The zero-order valence-corrected chi connectivity index (χ0v) is 11.5. The number of hydrogen-bond donors (Lipinski definition) is 1. The molecule has 0 radical (unpaired) electrons. The van der Waals surface area contributed by atoms with E-state index in [0.717, 1.165) is 24.6 Å². The van der Waals surface area contributed by atoms with Gasteiger partial charge in [0.2, 0.25) is 0 Å². The molecule has 1 fully saturated rings. The molecular weight excluding hydrogens is 258 g/mol. The van der Waals surface area contributed by atoms with Crippen molar-refractivity contribution in [1.29, 1.82) is 0 Å². The first-order chi connectivity index (χ1) is 9.47. The Bertz CT molecular complexity index is 738. The Labute approximate surface area is 115 Å². The van der Waals surface area contributed by atoms with Crippen molar-refractivity contribution in [3.63, 3.8) is 0 Å². The highest BCUT2D eigenvalue weighted by molar-refractivity contribution is 5.86. The summed E-state index contributed by atoms with van der Waals surface area (Å²) in [5, 5.41) is 13.6. The summed E-state index contributed by atoms with van der Waals surface area (Å²) in [7, 11) is 0. The molecule has 20 heavy (non-hydrogen) atoms. The molecule has 1 saturated carbocycles. The number of aromatic nitrogens is 3. The molecule has 1 aliphatic carbocycles. The highest BCUT2D eigenvalue weighted by atomic mass is 16.4. The maximum Gasteiger partial charge on any atom is 0.352 e. The van der Waals surface area contributed by atoms with Crippen LogP contribution >= 0.6 is 0 Å². The Balaban J connectivity index is 2.27. The molecule has 2 aromatic rings. The lowest BCUT2D eigenvalue weighted by Crippen LogP contribution is -2.24. The molecule has 106 valence electrons. The number of carboxylic acid groups (broad SMARTS) is 1. The van der Waals surface area contributed by atoms with Gasteiger partial charge in [0, 0.05) is 24.6 Å². The van der Waals surface area contributed by atoms with Crippen molar-refractivity contribution >= 4 is 11.6 Å². The van der Waals surface area contributed by atoms with Crippen molar-refractivity contribution in [3.8, 4) is 0 Å². The van der Waals surface area contributed by atoms with Crippen LogP contribution in [0.25, 0.3) is 5.65 Å². The van der Waals surface area contributed by atoms with E-state index < -0.39 is 5.97 Å². The van der Waals surface area contributed by atoms with Gasteiger partial charge in [-0.3, -0.25) is 4.79 Å². The molecule has 0 aliphatic heterocycles. The molecular formula is C14H17N3O3. The van der Waals surface area contributed by atoms with Gasteiger partial charge in [0.05, 0.1) is 5.69 Å². The predicted molar refractivity (Wildman–Crippen MR) is 73.2 cm³/mol. The number of hydrogen-bond acceptors (Lipinski definition) is 3. The highest BCUT2D eigenvalue weighted by Crippen LogP contribution is 2.39. The van der Waals surface area contributed by atoms with Crippen LogP contribution in [0.1, 0.15) is 48.8 Å². The van der Waals surface area contributed by atoms with Crippen molar-refractivity contribution < 1.29 is 9.90 Å². The first-order valence-corrected chi connectivity index (χ1v) is 6.84. The van der Waals surface area contributed by atoms with E-state index in [9.17, 15) is 14.7 Å². The summed E-state index contributed by atoms with van der Waals surface area (Å²) in [5.41, 5.74) is 1.11. The van der Waals surface area contributed by atoms with Crippen LogP contribution in [0, 0.1) is 5.92 Å². The fourth-order valence-electron chi connectivity index (χ4n) is 2.44. The number of carbonyl (C=O) groups is 1. The van der Waals surface area contributed by atoms with Gasteiger partial charge in [0.15, 0.2) is 0 Å². The second kappa shape index (κ2) is 4.47. The summed E-state index contributed by atoms with van der Waals surface area (Å²) in [5.74, 6) is -0.381. The summed E-state index contributed by atoms with van der Waals surface area (Å²) in [6.45, 7) is 4.57. The van der Waals surface area contributed by atoms with Crippen LogP contribution < -0.4 is 5.56 Å². The molecule has 6 heteroatoms. The lowest BCUT2D eigenvalue weighted by molar-refractivity contribution is 0.0683. The average Bonchev–Trinajstić information content (AvgIpc) is 3.11.